The standard InChI is InChI=1S/C14H11F2NO2/c1-2-3-4-5-6-17-13(18)9-7-11(15)12(16)8-10(9)14(17)19/h1,7-8H,3-6H2. The van der Waals surface area contributed by atoms with Crippen LogP contribution >= 0.6 is 0 Å². The van der Waals surface area contributed by atoms with Crippen molar-refractivity contribution in [2.45, 2.75) is 19.3 Å². The van der Waals surface area contributed by atoms with Crippen molar-refractivity contribution in [1.29, 1.82) is 0 Å². The molecule has 0 N–H and O–H groups in total. The van der Waals surface area contributed by atoms with Crippen LogP contribution in [0.4, 0.5) is 8.78 Å². The van der Waals surface area contributed by atoms with Crippen LogP contribution in [-0.4, -0.2) is 23.3 Å². The first-order valence-electron chi connectivity index (χ1n) is 5.85. The molecule has 0 aromatic heterocycles. The second kappa shape index (κ2) is 5.19. The summed E-state index contributed by atoms with van der Waals surface area (Å²) < 4.78 is 26.1. The molecule has 19 heavy (non-hydrogen) atoms. The Bertz CT molecular complexity index is 549. The van der Waals surface area contributed by atoms with E-state index in [2.05, 4.69) is 5.92 Å². The number of terminal acetylenes is 1. The molecule has 1 aromatic carbocycles. The third-order valence-electron chi connectivity index (χ3n) is 2.96. The number of halogens is 2. The third-order valence-corrected chi connectivity index (χ3v) is 2.96. The zero-order chi connectivity index (χ0) is 14.0. The molecule has 2 amide bonds. The molecule has 5 heteroatoms. The minimum atomic E-state index is -1.13. The molecule has 0 atom stereocenters. The normalized spacial score (nSPS) is 13.6. The number of unbranched alkanes of at least 4 members (excludes halogenated alkanes) is 2. The van der Waals surface area contributed by atoms with E-state index < -0.39 is 23.4 Å². The fourth-order valence-electron chi connectivity index (χ4n) is 1.98. The van der Waals surface area contributed by atoms with E-state index in [1.165, 1.54) is 0 Å². The maximum absolute atomic E-state index is 13.1. The van der Waals surface area contributed by atoms with Gasteiger partial charge in [0.15, 0.2) is 11.6 Å². The Labute approximate surface area is 109 Å². The summed E-state index contributed by atoms with van der Waals surface area (Å²) in [6.45, 7) is 0.206. The minimum absolute atomic E-state index is 0.0825. The van der Waals surface area contributed by atoms with Crippen molar-refractivity contribution in [1.82, 2.24) is 4.90 Å². The molecule has 0 radical (unpaired) electrons. The monoisotopic (exact) mass is 263 g/mol. The molecule has 0 saturated heterocycles. The van der Waals surface area contributed by atoms with Gasteiger partial charge in [-0.2, -0.15) is 0 Å². The van der Waals surface area contributed by atoms with Crippen molar-refractivity contribution in [2.24, 2.45) is 0 Å². The lowest BCUT2D eigenvalue weighted by molar-refractivity contribution is 0.0651. The van der Waals surface area contributed by atoms with Crippen LogP contribution in [0.25, 0.3) is 0 Å². The number of nitrogens with zero attached hydrogens (tertiary/aromatic N) is 1. The first kappa shape index (κ1) is 13.2. The summed E-state index contributed by atoms with van der Waals surface area (Å²) in [6, 6.07) is 1.54. The highest BCUT2D eigenvalue weighted by Gasteiger charge is 2.36. The Morgan fingerprint density at radius 1 is 1.05 bits per heavy atom. The topological polar surface area (TPSA) is 37.4 Å². The predicted octanol–water partition coefficient (Wildman–Crippen LogP) is 2.36. The lowest BCUT2D eigenvalue weighted by Gasteiger charge is -2.12. The Hall–Kier alpha value is -2.22. The number of carbonyl (C=O) groups is 2. The van der Waals surface area contributed by atoms with Gasteiger partial charge in [-0.3, -0.25) is 14.5 Å². The summed E-state index contributed by atoms with van der Waals surface area (Å²) in [6.07, 6.45) is 6.92. The van der Waals surface area contributed by atoms with E-state index in [1.807, 2.05) is 0 Å². The molecule has 0 bridgehead atoms. The Morgan fingerprint density at radius 3 is 2.05 bits per heavy atom. The zero-order valence-electron chi connectivity index (χ0n) is 10.1. The average molecular weight is 263 g/mol. The van der Waals surface area contributed by atoms with Crippen LogP contribution in [0.5, 0.6) is 0 Å². The molecular weight excluding hydrogens is 252 g/mol. The van der Waals surface area contributed by atoms with E-state index in [4.69, 9.17) is 6.42 Å². The molecule has 0 unspecified atom stereocenters. The molecule has 0 spiro atoms. The van der Waals surface area contributed by atoms with E-state index in [-0.39, 0.29) is 17.7 Å². The molecule has 1 aromatic rings. The number of benzene rings is 1. The summed E-state index contributed by atoms with van der Waals surface area (Å²) in [5, 5.41) is 0. The minimum Gasteiger partial charge on any atom is -0.274 e. The molecule has 1 aliphatic heterocycles. The van der Waals surface area contributed by atoms with Crippen molar-refractivity contribution in [3.8, 4) is 12.3 Å². The molecule has 1 heterocycles. The lowest BCUT2D eigenvalue weighted by Crippen LogP contribution is -2.30. The molecule has 3 nitrogen and oxygen atoms in total. The van der Waals surface area contributed by atoms with E-state index >= 15 is 0 Å². The van der Waals surface area contributed by atoms with Gasteiger partial charge in [-0.1, -0.05) is 0 Å². The van der Waals surface area contributed by atoms with Crippen LogP contribution in [-0.2, 0) is 0 Å². The quantitative estimate of drug-likeness (QED) is 0.475. The highest BCUT2D eigenvalue weighted by molar-refractivity contribution is 6.21. The molecule has 1 aliphatic rings. The lowest BCUT2D eigenvalue weighted by atomic mass is 10.1. The first-order chi connectivity index (χ1) is 9.06. The highest BCUT2D eigenvalue weighted by atomic mass is 19.2. The maximum atomic E-state index is 13.1. The second-order valence-corrected chi connectivity index (χ2v) is 4.24. The summed E-state index contributed by atoms with van der Waals surface area (Å²) in [5.41, 5.74) is -0.165. The summed E-state index contributed by atoms with van der Waals surface area (Å²) in [4.78, 5) is 24.8. The van der Waals surface area contributed by atoms with E-state index in [0.717, 1.165) is 17.0 Å². The van der Waals surface area contributed by atoms with Gasteiger partial charge in [0, 0.05) is 13.0 Å². The fraction of sp³-hybridized carbons (Fsp3) is 0.286. The number of carbonyl (C=O) groups excluding carboxylic acids is 2. The second-order valence-electron chi connectivity index (χ2n) is 4.24. The Morgan fingerprint density at radius 2 is 1.58 bits per heavy atom. The van der Waals surface area contributed by atoms with Gasteiger partial charge < -0.3 is 0 Å². The van der Waals surface area contributed by atoms with Crippen LogP contribution in [0.1, 0.15) is 40.0 Å². The highest BCUT2D eigenvalue weighted by Crippen LogP contribution is 2.25. The van der Waals surface area contributed by atoms with Crippen molar-refractivity contribution in [2.75, 3.05) is 6.54 Å². The smallest absolute Gasteiger partial charge is 0.261 e. The van der Waals surface area contributed by atoms with Crippen molar-refractivity contribution < 1.29 is 18.4 Å². The molecule has 0 aliphatic carbocycles. The van der Waals surface area contributed by atoms with Gasteiger partial charge in [0.2, 0.25) is 0 Å². The van der Waals surface area contributed by atoms with Crippen LogP contribution < -0.4 is 0 Å². The van der Waals surface area contributed by atoms with Crippen LogP contribution in [0.2, 0.25) is 0 Å². The van der Waals surface area contributed by atoms with Crippen molar-refractivity contribution in [3.63, 3.8) is 0 Å². The summed E-state index contributed by atoms with van der Waals surface area (Å²) in [5.74, 6) is -0.968. The van der Waals surface area contributed by atoms with Gasteiger partial charge in [-0.25, -0.2) is 8.78 Å². The molecule has 0 saturated carbocycles. The number of hydrogen-bond donors (Lipinski definition) is 0. The van der Waals surface area contributed by atoms with E-state index in [1.54, 1.807) is 0 Å². The van der Waals surface area contributed by atoms with Gasteiger partial charge in [-0.05, 0) is 25.0 Å². The average Bonchev–Trinajstić information content (AvgIpc) is 2.60. The number of rotatable bonds is 4. The van der Waals surface area contributed by atoms with Crippen LogP contribution in [0, 0.1) is 24.0 Å². The van der Waals surface area contributed by atoms with E-state index in [0.29, 0.717) is 19.3 Å². The SMILES string of the molecule is C#CCCCCN1C(=O)c2cc(F)c(F)cc2C1=O. The van der Waals surface area contributed by atoms with Gasteiger partial charge in [0.1, 0.15) is 0 Å². The molecule has 2 rings (SSSR count). The zero-order valence-corrected chi connectivity index (χ0v) is 10.1. The van der Waals surface area contributed by atoms with Crippen LogP contribution in [0.3, 0.4) is 0 Å². The third kappa shape index (κ3) is 2.34. The van der Waals surface area contributed by atoms with Gasteiger partial charge in [0.05, 0.1) is 11.1 Å². The maximum Gasteiger partial charge on any atom is 0.261 e. The van der Waals surface area contributed by atoms with Crippen LogP contribution in [0.15, 0.2) is 12.1 Å². The largest absolute Gasteiger partial charge is 0.274 e. The van der Waals surface area contributed by atoms with Gasteiger partial charge in [0.25, 0.3) is 11.8 Å². The Kier molecular flexibility index (Phi) is 3.61. The van der Waals surface area contributed by atoms with Gasteiger partial charge >= 0.3 is 0 Å². The van der Waals surface area contributed by atoms with Crippen molar-refractivity contribution >= 4 is 11.8 Å². The predicted molar refractivity (Wildman–Crippen MR) is 64.4 cm³/mol. The Balaban J connectivity index is 2.18. The van der Waals surface area contributed by atoms with Crippen molar-refractivity contribution in [3.05, 3.63) is 34.9 Å². The van der Waals surface area contributed by atoms with Gasteiger partial charge in [-0.15, -0.1) is 12.3 Å². The summed E-state index contributed by atoms with van der Waals surface area (Å²) >= 11 is 0. The number of amides is 2. The molecule has 0 fully saturated rings. The number of imide groups is 1. The number of hydrogen-bond acceptors (Lipinski definition) is 2. The summed E-state index contributed by atoms with van der Waals surface area (Å²) in [7, 11) is 0. The molecular formula is C14H11F2NO2. The molecule has 98 valence electrons. The number of fused-ring (bicyclic) bond motifs is 1. The fourth-order valence-corrected chi connectivity index (χ4v) is 1.98. The van der Waals surface area contributed by atoms with E-state index in [9.17, 15) is 18.4 Å². The first-order valence-corrected chi connectivity index (χ1v) is 5.85.